The molecule has 1 amide bonds. The average Bonchev–Trinajstić information content (AvgIpc) is 3.20. The highest BCUT2D eigenvalue weighted by Crippen LogP contribution is 2.22. The van der Waals surface area contributed by atoms with E-state index in [9.17, 15) is 4.79 Å². The lowest BCUT2D eigenvalue weighted by Crippen LogP contribution is -2.13. The Morgan fingerprint density at radius 2 is 1.55 bits per heavy atom. The van der Waals surface area contributed by atoms with Crippen LogP contribution in [0.5, 0.6) is 0 Å². The summed E-state index contributed by atoms with van der Waals surface area (Å²) in [7, 11) is 0. The Morgan fingerprint density at radius 1 is 0.862 bits per heavy atom. The van der Waals surface area contributed by atoms with Crippen LogP contribution in [0.1, 0.15) is 27.0 Å². The maximum atomic E-state index is 12.6. The molecule has 0 radical (unpaired) electrons. The van der Waals surface area contributed by atoms with Crippen LogP contribution in [0.25, 0.3) is 16.9 Å². The van der Waals surface area contributed by atoms with E-state index in [2.05, 4.69) is 52.9 Å². The number of carbonyl (C=O) groups excluding carboxylic acids is 1. The molecule has 1 N–H and O–H groups in total. The smallest absolute Gasteiger partial charge is 0.255 e. The van der Waals surface area contributed by atoms with Gasteiger partial charge in [-0.25, -0.2) is 4.68 Å². The van der Waals surface area contributed by atoms with E-state index >= 15 is 0 Å². The van der Waals surface area contributed by atoms with Gasteiger partial charge in [-0.15, -0.1) is 5.10 Å². The number of amides is 1. The minimum absolute atomic E-state index is 0.138. The van der Waals surface area contributed by atoms with E-state index in [4.69, 9.17) is 0 Å². The van der Waals surface area contributed by atoms with E-state index in [1.807, 2.05) is 38.1 Å². The van der Waals surface area contributed by atoms with E-state index in [1.54, 1.807) is 23.0 Å². The average molecular weight is 382 g/mol. The summed E-state index contributed by atoms with van der Waals surface area (Å²) in [5.41, 5.74) is 7.61. The van der Waals surface area contributed by atoms with Gasteiger partial charge in [0.25, 0.3) is 5.91 Å². The Kier molecular flexibility index (Phi) is 4.96. The minimum atomic E-state index is -0.138. The summed E-state index contributed by atoms with van der Waals surface area (Å²) >= 11 is 0. The SMILES string of the molecule is Cc1ccc(-c2cnnn2-c2ccc(C(=O)Nc3ccc(C)cc3C)cc2)cc1. The van der Waals surface area contributed by atoms with Crippen molar-refractivity contribution in [1.82, 2.24) is 15.0 Å². The number of nitrogens with zero attached hydrogens (tertiary/aromatic N) is 3. The molecule has 1 aromatic heterocycles. The zero-order valence-corrected chi connectivity index (χ0v) is 16.7. The zero-order valence-electron chi connectivity index (χ0n) is 16.7. The number of rotatable bonds is 4. The summed E-state index contributed by atoms with van der Waals surface area (Å²) in [5, 5.41) is 11.3. The number of hydrogen-bond acceptors (Lipinski definition) is 3. The molecule has 4 rings (SSSR count). The lowest BCUT2D eigenvalue weighted by atomic mass is 10.1. The number of carbonyl (C=O) groups is 1. The molecule has 0 bridgehead atoms. The van der Waals surface area contributed by atoms with Crippen molar-refractivity contribution in [2.45, 2.75) is 20.8 Å². The Hall–Kier alpha value is -3.73. The van der Waals surface area contributed by atoms with E-state index in [-0.39, 0.29) is 5.91 Å². The molecule has 1 heterocycles. The molecule has 0 atom stereocenters. The molecular weight excluding hydrogens is 360 g/mol. The van der Waals surface area contributed by atoms with Gasteiger partial charge in [0.1, 0.15) is 0 Å². The molecule has 4 aromatic rings. The van der Waals surface area contributed by atoms with Gasteiger partial charge in [0, 0.05) is 16.8 Å². The second-order valence-electron chi connectivity index (χ2n) is 7.22. The van der Waals surface area contributed by atoms with E-state index in [1.165, 1.54) is 11.1 Å². The molecule has 0 unspecified atom stereocenters. The summed E-state index contributed by atoms with van der Waals surface area (Å²) in [6.07, 6.45) is 1.74. The van der Waals surface area contributed by atoms with Crippen LogP contribution < -0.4 is 5.32 Å². The van der Waals surface area contributed by atoms with Gasteiger partial charge in [0.2, 0.25) is 0 Å². The van der Waals surface area contributed by atoms with Crippen LogP contribution >= 0.6 is 0 Å². The van der Waals surface area contributed by atoms with Gasteiger partial charge in [0.05, 0.1) is 17.6 Å². The molecule has 0 saturated carbocycles. The maximum absolute atomic E-state index is 12.6. The molecule has 5 nitrogen and oxygen atoms in total. The topological polar surface area (TPSA) is 59.8 Å². The van der Waals surface area contributed by atoms with E-state index in [0.717, 1.165) is 28.2 Å². The first-order valence-corrected chi connectivity index (χ1v) is 9.48. The van der Waals surface area contributed by atoms with Crippen molar-refractivity contribution in [3.63, 3.8) is 0 Å². The molecule has 144 valence electrons. The first kappa shape index (κ1) is 18.6. The fraction of sp³-hybridized carbons (Fsp3) is 0.125. The molecule has 0 aliphatic heterocycles. The third kappa shape index (κ3) is 3.94. The molecule has 29 heavy (non-hydrogen) atoms. The van der Waals surface area contributed by atoms with Gasteiger partial charge in [-0.1, -0.05) is 52.7 Å². The van der Waals surface area contributed by atoms with E-state index < -0.39 is 0 Å². The third-order valence-electron chi connectivity index (χ3n) is 4.90. The Morgan fingerprint density at radius 3 is 2.24 bits per heavy atom. The van der Waals surface area contributed by atoms with E-state index in [0.29, 0.717) is 5.56 Å². The van der Waals surface area contributed by atoms with Crippen LogP contribution in [0.15, 0.2) is 72.9 Å². The first-order valence-electron chi connectivity index (χ1n) is 9.48. The fourth-order valence-electron chi connectivity index (χ4n) is 3.25. The molecule has 0 saturated heterocycles. The molecular formula is C24H22N4O. The van der Waals surface area contributed by atoms with Gasteiger partial charge in [-0.2, -0.15) is 0 Å². The summed E-state index contributed by atoms with van der Waals surface area (Å²) in [6.45, 7) is 6.08. The van der Waals surface area contributed by atoms with Gasteiger partial charge in [0.15, 0.2) is 0 Å². The molecule has 0 fully saturated rings. The summed E-state index contributed by atoms with van der Waals surface area (Å²) in [4.78, 5) is 12.6. The van der Waals surface area contributed by atoms with Crippen molar-refractivity contribution in [3.8, 4) is 16.9 Å². The number of hydrogen-bond donors (Lipinski definition) is 1. The summed E-state index contributed by atoms with van der Waals surface area (Å²) in [6, 6.07) is 21.6. The van der Waals surface area contributed by atoms with Crippen molar-refractivity contribution in [3.05, 3.63) is 95.2 Å². The number of anilines is 1. The molecule has 3 aromatic carbocycles. The number of benzene rings is 3. The van der Waals surface area contributed by atoms with Crippen molar-refractivity contribution in [2.24, 2.45) is 0 Å². The van der Waals surface area contributed by atoms with Crippen molar-refractivity contribution >= 4 is 11.6 Å². The number of aryl methyl sites for hydroxylation is 3. The van der Waals surface area contributed by atoms with Crippen LogP contribution in [0, 0.1) is 20.8 Å². The normalized spacial score (nSPS) is 10.7. The third-order valence-corrected chi connectivity index (χ3v) is 4.90. The zero-order chi connectivity index (χ0) is 20.4. The highest BCUT2D eigenvalue weighted by molar-refractivity contribution is 6.04. The van der Waals surface area contributed by atoms with Crippen LogP contribution in [0.4, 0.5) is 5.69 Å². The van der Waals surface area contributed by atoms with Crippen LogP contribution in [-0.2, 0) is 0 Å². The predicted octanol–water partition coefficient (Wildman–Crippen LogP) is 5.11. The Balaban J connectivity index is 1.56. The first-order chi connectivity index (χ1) is 14.0. The molecule has 5 heteroatoms. The predicted molar refractivity (Wildman–Crippen MR) is 115 cm³/mol. The molecule has 0 aliphatic rings. The van der Waals surface area contributed by atoms with Crippen LogP contribution in [0.2, 0.25) is 0 Å². The lowest BCUT2D eigenvalue weighted by molar-refractivity contribution is 0.102. The fourth-order valence-corrected chi connectivity index (χ4v) is 3.25. The van der Waals surface area contributed by atoms with Crippen molar-refractivity contribution in [2.75, 3.05) is 5.32 Å². The monoisotopic (exact) mass is 382 g/mol. The second kappa shape index (κ2) is 7.72. The highest BCUT2D eigenvalue weighted by atomic mass is 16.1. The quantitative estimate of drug-likeness (QED) is 0.533. The largest absolute Gasteiger partial charge is 0.322 e. The van der Waals surface area contributed by atoms with Gasteiger partial charge in [-0.05, 0) is 56.7 Å². The maximum Gasteiger partial charge on any atom is 0.255 e. The Bertz CT molecular complexity index is 1160. The molecule has 0 spiro atoms. The number of aromatic nitrogens is 3. The van der Waals surface area contributed by atoms with Crippen LogP contribution in [0.3, 0.4) is 0 Å². The number of nitrogens with one attached hydrogen (secondary N) is 1. The summed E-state index contributed by atoms with van der Waals surface area (Å²) < 4.78 is 1.77. The van der Waals surface area contributed by atoms with Gasteiger partial charge < -0.3 is 5.32 Å². The van der Waals surface area contributed by atoms with Crippen molar-refractivity contribution < 1.29 is 4.79 Å². The highest BCUT2D eigenvalue weighted by Gasteiger charge is 2.11. The second-order valence-corrected chi connectivity index (χ2v) is 7.22. The standard InChI is InChI=1S/C24H22N4O/c1-16-4-7-19(8-5-16)23-15-25-27-28(23)21-11-9-20(10-12-21)24(29)26-22-13-6-17(2)14-18(22)3/h4-15H,1-3H3,(H,26,29). The lowest BCUT2D eigenvalue weighted by Gasteiger charge is -2.10. The Labute approximate surface area is 170 Å². The van der Waals surface area contributed by atoms with Gasteiger partial charge in [-0.3, -0.25) is 4.79 Å². The molecule has 0 aliphatic carbocycles. The van der Waals surface area contributed by atoms with Gasteiger partial charge >= 0.3 is 0 Å². The van der Waals surface area contributed by atoms with Crippen LogP contribution in [-0.4, -0.2) is 20.9 Å². The van der Waals surface area contributed by atoms with Crippen molar-refractivity contribution in [1.29, 1.82) is 0 Å². The summed E-state index contributed by atoms with van der Waals surface area (Å²) in [5.74, 6) is -0.138. The minimum Gasteiger partial charge on any atom is -0.322 e.